The lowest BCUT2D eigenvalue weighted by molar-refractivity contribution is 0.0985. The van der Waals surface area contributed by atoms with E-state index >= 15 is 0 Å². The summed E-state index contributed by atoms with van der Waals surface area (Å²) in [6.45, 7) is 2.64. The van der Waals surface area contributed by atoms with Gasteiger partial charge < -0.3 is 0 Å². The van der Waals surface area contributed by atoms with Crippen LogP contribution in [0.15, 0.2) is 78.9 Å². The van der Waals surface area contributed by atoms with Gasteiger partial charge in [0.1, 0.15) is 0 Å². The van der Waals surface area contributed by atoms with E-state index in [0.717, 1.165) is 27.3 Å². The molecule has 1 amide bonds. The molecule has 0 aliphatic carbocycles. The molecule has 4 rings (SSSR count). The normalized spacial score (nSPS) is 10.9. The van der Waals surface area contributed by atoms with Crippen molar-refractivity contribution in [3.63, 3.8) is 0 Å². The van der Waals surface area contributed by atoms with Crippen LogP contribution < -0.4 is 4.90 Å². The second-order valence-electron chi connectivity index (χ2n) is 6.39. The Labute approximate surface area is 162 Å². The van der Waals surface area contributed by atoms with Crippen molar-refractivity contribution in [3.8, 4) is 0 Å². The van der Waals surface area contributed by atoms with Crippen molar-refractivity contribution in [1.29, 1.82) is 0 Å². The van der Waals surface area contributed by atoms with Crippen molar-refractivity contribution in [1.82, 2.24) is 4.98 Å². The molecule has 0 atom stereocenters. The zero-order valence-electron chi connectivity index (χ0n) is 15.1. The zero-order chi connectivity index (χ0) is 18.6. The third-order valence-electron chi connectivity index (χ3n) is 4.53. The highest BCUT2D eigenvalue weighted by Gasteiger charge is 2.21. The number of aryl methyl sites for hydroxylation is 1. The van der Waals surface area contributed by atoms with Gasteiger partial charge in [-0.15, -0.1) is 0 Å². The van der Waals surface area contributed by atoms with Crippen LogP contribution >= 0.6 is 11.3 Å². The van der Waals surface area contributed by atoms with Gasteiger partial charge in [0.2, 0.25) is 0 Å². The number of benzene rings is 3. The lowest BCUT2D eigenvalue weighted by atomic mass is 10.1. The molecule has 3 aromatic carbocycles. The molecular formula is C23H20N2OS. The first-order valence-electron chi connectivity index (χ1n) is 9.05. The Balaban J connectivity index is 1.76. The van der Waals surface area contributed by atoms with Crippen molar-refractivity contribution in [3.05, 3.63) is 95.6 Å². The van der Waals surface area contributed by atoms with Crippen molar-refractivity contribution in [2.45, 2.75) is 19.9 Å². The lowest BCUT2D eigenvalue weighted by Crippen LogP contribution is -2.30. The van der Waals surface area contributed by atoms with Gasteiger partial charge in [-0.3, -0.25) is 9.69 Å². The van der Waals surface area contributed by atoms with E-state index < -0.39 is 0 Å². The minimum absolute atomic E-state index is 0.0331. The molecule has 134 valence electrons. The average Bonchev–Trinajstić information content (AvgIpc) is 3.15. The molecule has 0 N–H and O–H groups in total. The van der Waals surface area contributed by atoms with Gasteiger partial charge in [0.25, 0.3) is 5.91 Å². The Kier molecular flexibility index (Phi) is 4.99. The number of aromatic nitrogens is 1. The number of carbonyl (C=O) groups excluding carboxylic acids is 1. The molecule has 0 saturated carbocycles. The second-order valence-corrected chi connectivity index (χ2v) is 7.40. The molecule has 0 aliphatic heterocycles. The van der Waals surface area contributed by atoms with E-state index in [1.807, 2.05) is 66.7 Å². The summed E-state index contributed by atoms with van der Waals surface area (Å²) in [6, 6.07) is 25.8. The first kappa shape index (κ1) is 17.4. The smallest absolute Gasteiger partial charge is 0.260 e. The van der Waals surface area contributed by atoms with Gasteiger partial charge in [-0.05, 0) is 41.8 Å². The molecule has 0 saturated heterocycles. The predicted octanol–water partition coefficient (Wildman–Crippen LogP) is 5.71. The Morgan fingerprint density at radius 1 is 0.926 bits per heavy atom. The van der Waals surface area contributed by atoms with E-state index in [4.69, 9.17) is 4.98 Å². The highest BCUT2D eigenvalue weighted by molar-refractivity contribution is 7.22. The standard InChI is InChI=1S/C23H20N2OS/c1-2-17-13-14-20-21(15-17)27-23(24-20)25(16-18-9-5-3-6-10-18)22(26)19-11-7-4-8-12-19/h3-15H,2,16H2,1H3. The molecule has 27 heavy (non-hydrogen) atoms. The first-order chi connectivity index (χ1) is 13.2. The molecule has 0 radical (unpaired) electrons. The van der Waals surface area contributed by atoms with Gasteiger partial charge in [-0.25, -0.2) is 4.98 Å². The number of hydrogen-bond acceptors (Lipinski definition) is 3. The molecule has 1 aromatic heterocycles. The van der Waals surface area contributed by atoms with Crippen LogP contribution in [0.4, 0.5) is 5.13 Å². The minimum Gasteiger partial charge on any atom is -0.279 e. The summed E-state index contributed by atoms with van der Waals surface area (Å²) in [6.07, 6.45) is 0.986. The third kappa shape index (κ3) is 3.76. The van der Waals surface area contributed by atoms with Crippen molar-refractivity contribution in [2.75, 3.05) is 4.90 Å². The van der Waals surface area contributed by atoms with Gasteiger partial charge in [0.05, 0.1) is 16.8 Å². The van der Waals surface area contributed by atoms with Crippen molar-refractivity contribution in [2.24, 2.45) is 0 Å². The molecule has 0 spiro atoms. The third-order valence-corrected chi connectivity index (χ3v) is 5.57. The van der Waals surface area contributed by atoms with E-state index in [1.54, 1.807) is 16.2 Å². The quantitative estimate of drug-likeness (QED) is 0.450. The number of nitrogens with zero attached hydrogens (tertiary/aromatic N) is 2. The van der Waals surface area contributed by atoms with Crippen LogP contribution in [-0.2, 0) is 13.0 Å². The largest absolute Gasteiger partial charge is 0.279 e. The van der Waals surface area contributed by atoms with Crippen LogP contribution in [0.3, 0.4) is 0 Å². The van der Waals surface area contributed by atoms with Crippen molar-refractivity contribution < 1.29 is 4.79 Å². The van der Waals surface area contributed by atoms with E-state index in [9.17, 15) is 4.79 Å². The summed E-state index contributed by atoms with van der Waals surface area (Å²) < 4.78 is 1.11. The zero-order valence-corrected chi connectivity index (χ0v) is 15.9. The van der Waals surface area contributed by atoms with Gasteiger partial charge in [-0.2, -0.15) is 0 Å². The van der Waals surface area contributed by atoms with E-state index in [0.29, 0.717) is 12.1 Å². The molecular weight excluding hydrogens is 352 g/mol. The van der Waals surface area contributed by atoms with Crippen LogP contribution in [0.1, 0.15) is 28.4 Å². The number of thiazole rings is 1. The molecule has 4 aromatic rings. The fourth-order valence-electron chi connectivity index (χ4n) is 3.02. The summed E-state index contributed by atoms with van der Waals surface area (Å²) >= 11 is 1.57. The number of fused-ring (bicyclic) bond motifs is 1. The Bertz CT molecular complexity index is 1060. The highest BCUT2D eigenvalue weighted by atomic mass is 32.1. The number of hydrogen-bond donors (Lipinski definition) is 0. The summed E-state index contributed by atoms with van der Waals surface area (Å²) in [7, 11) is 0. The summed E-state index contributed by atoms with van der Waals surface area (Å²) in [4.78, 5) is 19.8. The molecule has 0 unspecified atom stereocenters. The van der Waals surface area contributed by atoms with Gasteiger partial charge in [-0.1, -0.05) is 72.9 Å². The highest BCUT2D eigenvalue weighted by Crippen LogP contribution is 2.31. The van der Waals surface area contributed by atoms with E-state index in [1.165, 1.54) is 5.56 Å². The maximum atomic E-state index is 13.2. The van der Waals surface area contributed by atoms with E-state index in [-0.39, 0.29) is 5.91 Å². The molecule has 4 heteroatoms. The predicted molar refractivity (Wildman–Crippen MR) is 112 cm³/mol. The Morgan fingerprint density at radius 2 is 1.63 bits per heavy atom. The van der Waals surface area contributed by atoms with Gasteiger partial charge >= 0.3 is 0 Å². The van der Waals surface area contributed by atoms with Gasteiger partial charge in [0, 0.05) is 5.56 Å². The minimum atomic E-state index is -0.0331. The fraction of sp³-hybridized carbons (Fsp3) is 0.130. The van der Waals surface area contributed by atoms with Crippen LogP contribution in [0, 0.1) is 0 Å². The molecule has 3 nitrogen and oxygen atoms in total. The maximum absolute atomic E-state index is 13.2. The van der Waals surface area contributed by atoms with Crippen LogP contribution in [0.5, 0.6) is 0 Å². The maximum Gasteiger partial charge on any atom is 0.260 e. The topological polar surface area (TPSA) is 33.2 Å². The lowest BCUT2D eigenvalue weighted by Gasteiger charge is -2.20. The average molecular weight is 372 g/mol. The van der Waals surface area contributed by atoms with Crippen molar-refractivity contribution >= 4 is 32.6 Å². The fourth-order valence-corrected chi connectivity index (χ4v) is 4.05. The summed E-state index contributed by atoms with van der Waals surface area (Å²) in [5.74, 6) is -0.0331. The monoisotopic (exact) mass is 372 g/mol. The van der Waals surface area contributed by atoms with E-state index in [2.05, 4.69) is 19.1 Å². The molecule has 0 fully saturated rings. The Hall–Kier alpha value is -2.98. The van der Waals surface area contributed by atoms with Crippen LogP contribution in [0.25, 0.3) is 10.2 Å². The second kappa shape index (κ2) is 7.72. The SMILES string of the molecule is CCc1ccc2nc(N(Cc3ccccc3)C(=O)c3ccccc3)sc2c1. The molecule has 1 heterocycles. The number of rotatable bonds is 5. The van der Waals surface area contributed by atoms with Crippen LogP contribution in [0.2, 0.25) is 0 Å². The first-order valence-corrected chi connectivity index (χ1v) is 9.86. The number of anilines is 1. The molecule has 0 bridgehead atoms. The summed E-state index contributed by atoms with van der Waals surface area (Å²) in [5.41, 5.74) is 3.96. The summed E-state index contributed by atoms with van der Waals surface area (Å²) in [5, 5.41) is 0.732. The van der Waals surface area contributed by atoms with Crippen LogP contribution in [-0.4, -0.2) is 10.9 Å². The number of amides is 1. The van der Waals surface area contributed by atoms with Gasteiger partial charge in [0.15, 0.2) is 5.13 Å². The number of carbonyl (C=O) groups is 1. The molecule has 0 aliphatic rings. The Morgan fingerprint density at radius 3 is 2.33 bits per heavy atom.